The van der Waals surface area contributed by atoms with Crippen LogP contribution < -0.4 is 5.32 Å². The quantitative estimate of drug-likeness (QED) is 0.691. The third kappa shape index (κ3) is 4.22. The molecule has 0 saturated carbocycles. The van der Waals surface area contributed by atoms with Gasteiger partial charge in [0.1, 0.15) is 5.69 Å². The number of aryl methyl sites for hydroxylation is 1. The topological polar surface area (TPSA) is 62.3 Å². The zero-order chi connectivity index (χ0) is 21.8. The van der Waals surface area contributed by atoms with Crippen LogP contribution in [-0.2, 0) is 11.2 Å². The standard InChI is InChI=1S/C26H27N3O2/c1-19-8-7-10-20(16-19)22-11-4-3-9-21(22)17-26(25(31)27-2)13-15-29(18-26)24(30)23-12-5-6-14-28-23/h3-12,14,16H,13,15,17-18H2,1-2H3,(H,27,31)/t26-/m0/s1. The third-order valence-electron chi connectivity index (χ3n) is 6.11. The van der Waals surface area contributed by atoms with E-state index in [0.29, 0.717) is 31.6 Å². The Kier molecular flexibility index (Phi) is 5.85. The second-order valence-corrected chi connectivity index (χ2v) is 8.25. The fourth-order valence-electron chi connectivity index (χ4n) is 4.51. The van der Waals surface area contributed by atoms with E-state index < -0.39 is 5.41 Å². The molecule has 1 aromatic heterocycles. The Morgan fingerprint density at radius 3 is 2.61 bits per heavy atom. The molecule has 4 rings (SSSR count). The molecule has 3 aromatic rings. The molecule has 2 heterocycles. The second-order valence-electron chi connectivity index (χ2n) is 8.25. The maximum absolute atomic E-state index is 13.1. The largest absolute Gasteiger partial charge is 0.359 e. The highest BCUT2D eigenvalue weighted by Crippen LogP contribution is 2.38. The monoisotopic (exact) mass is 413 g/mol. The van der Waals surface area contributed by atoms with E-state index in [1.807, 2.05) is 12.1 Å². The predicted octanol–water partition coefficient (Wildman–Crippen LogP) is 3.88. The first kappa shape index (κ1) is 20.8. The molecule has 2 amide bonds. The van der Waals surface area contributed by atoms with Crippen molar-refractivity contribution in [2.24, 2.45) is 5.41 Å². The summed E-state index contributed by atoms with van der Waals surface area (Å²) < 4.78 is 0. The van der Waals surface area contributed by atoms with Crippen LogP contribution in [0.15, 0.2) is 72.9 Å². The van der Waals surface area contributed by atoms with Crippen LogP contribution >= 0.6 is 0 Å². The molecule has 1 N–H and O–H groups in total. The van der Waals surface area contributed by atoms with E-state index in [4.69, 9.17) is 0 Å². The van der Waals surface area contributed by atoms with Crippen LogP contribution in [0.3, 0.4) is 0 Å². The average molecular weight is 414 g/mol. The van der Waals surface area contributed by atoms with Crippen LogP contribution in [0.1, 0.15) is 28.0 Å². The van der Waals surface area contributed by atoms with Gasteiger partial charge in [0.05, 0.1) is 5.41 Å². The van der Waals surface area contributed by atoms with E-state index in [-0.39, 0.29) is 11.8 Å². The first-order valence-corrected chi connectivity index (χ1v) is 10.6. The molecule has 5 heteroatoms. The number of carbonyl (C=O) groups is 2. The SMILES string of the molecule is CNC(=O)[C@]1(Cc2ccccc2-c2cccc(C)c2)CCN(C(=O)c2ccccn2)C1. The first-order valence-electron chi connectivity index (χ1n) is 10.6. The highest BCUT2D eigenvalue weighted by Gasteiger charge is 2.46. The Balaban J connectivity index is 1.65. The van der Waals surface area contributed by atoms with Gasteiger partial charge < -0.3 is 10.2 Å². The molecule has 0 radical (unpaired) electrons. The van der Waals surface area contributed by atoms with Gasteiger partial charge in [0.2, 0.25) is 5.91 Å². The Bertz CT molecular complexity index is 1100. The lowest BCUT2D eigenvalue weighted by molar-refractivity contribution is -0.129. The van der Waals surface area contributed by atoms with E-state index in [1.54, 1.807) is 36.3 Å². The van der Waals surface area contributed by atoms with Gasteiger partial charge in [0, 0.05) is 26.3 Å². The van der Waals surface area contributed by atoms with Crippen molar-refractivity contribution in [1.29, 1.82) is 0 Å². The molecular weight excluding hydrogens is 386 g/mol. The molecule has 0 aliphatic carbocycles. The number of carbonyl (C=O) groups excluding carboxylic acids is 2. The van der Waals surface area contributed by atoms with E-state index in [9.17, 15) is 9.59 Å². The van der Waals surface area contributed by atoms with E-state index >= 15 is 0 Å². The molecule has 1 saturated heterocycles. The molecule has 1 fully saturated rings. The lowest BCUT2D eigenvalue weighted by atomic mass is 9.78. The summed E-state index contributed by atoms with van der Waals surface area (Å²) >= 11 is 0. The molecule has 1 aliphatic heterocycles. The lowest BCUT2D eigenvalue weighted by Gasteiger charge is -2.28. The number of hydrogen-bond donors (Lipinski definition) is 1. The molecule has 0 bridgehead atoms. The Hall–Kier alpha value is -3.47. The highest BCUT2D eigenvalue weighted by molar-refractivity contribution is 5.94. The number of nitrogens with zero attached hydrogens (tertiary/aromatic N) is 2. The minimum absolute atomic E-state index is 0.0251. The van der Waals surface area contributed by atoms with E-state index in [0.717, 1.165) is 16.7 Å². The van der Waals surface area contributed by atoms with E-state index in [2.05, 4.69) is 53.6 Å². The van der Waals surface area contributed by atoms with Crippen molar-refractivity contribution in [2.45, 2.75) is 19.8 Å². The molecule has 2 aromatic carbocycles. The number of likely N-dealkylation sites (tertiary alicyclic amines) is 1. The van der Waals surface area contributed by atoms with Crippen molar-refractivity contribution in [2.75, 3.05) is 20.1 Å². The van der Waals surface area contributed by atoms with Gasteiger partial charge in [-0.25, -0.2) is 0 Å². The van der Waals surface area contributed by atoms with Gasteiger partial charge in [-0.1, -0.05) is 60.2 Å². The summed E-state index contributed by atoms with van der Waals surface area (Å²) in [7, 11) is 1.67. The van der Waals surface area contributed by atoms with Crippen LogP contribution in [0.5, 0.6) is 0 Å². The fourth-order valence-corrected chi connectivity index (χ4v) is 4.51. The van der Waals surface area contributed by atoms with Crippen LogP contribution in [0.4, 0.5) is 0 Å². The maximum atomic E-state index is 13.1. The zero-order valence-electron chi connectivity index (χ0n) is 18.0. The van der Waals surface area contributed by atoms with Crippen LogP contribution in [0, 0.1) is 12.3 Å². The molecule has 1 atom stereocenters. The number of rotatable bonds is 5. The molecule has 0 spiro atoms. The number of hydrogen-bond acceptors (Lipinski definition) is 3. The molecule has 0 unspecified atom stereocenters. The van der Waals surface area contributed by atoms with Crippen LogP contribution in [0.2, 0.25) is 0 Å². The van der Waals surface area contributed by atoms with Gasteiger partial charge in [0.25, 0.3) is 5.91 Å². The molecule has 1 aliphatic rings. The summed E-state index contributed by atoms with van der Waals surface area (Å²) in [5.41, 5.74) is 4.32. The van der Waals surface area contributed by atoms with Gasteiger partial charge >= 0.3 is 0 Å². The van der Waals surface area contributed by atoms with Crippen LogP contribution in [0.25, 0.3) is 11.1 Å². The lowest BCUT2D eigenvalue weighted by Crippen LogP contribution is -2.44. The molecule has 158 valence electrons. The van der Waals surface area contributed by atoms with Gasteiger partial charge in [-0.05, 0) is 48.6 Å². The van der Waals surface area contributed by atoms with Gasteiger partial charge in [-0.15, -0.1) is 0 Å². The minimum Gasteiger partial charge on any atom is -0.359 e. The third-order valence-corrected chi connectivity index (χ3v) is 6.11. The Labute approximate surface area is 183 Å². The molecular formula is C26H27N3O2. The zero-order valence-corrected chi connectivity index (χ0v) is 18.0. The summed E-state index contributed by atoms with van der Waals surface area (Å²) in [5.74, 6) is -0.152. The average Bonchev–Trinajstić information content (AvgIpc) is 3.24. The van der Waals surface area contributed by atoms with Crippen LogP contribution in [-0.4, -0.2) is 41.8 Å². The maximum Gasteiger partial charge on any atom is 0.272 e. The van der Waals surface area contributed by atoms with Crippen molar-refractivity contribution >= 4 is 11.8 Å². The van der Waals surface area contributed by atoms with Crippen molar-refractivity contribution in [3.63, 3.8) is 0 Å². The Morgan fingerprint density at radius 2 is 1.87 bits per heavy atom. The molecule has 5 nitrogen and oxygen atoms in total. The minimum atomic E-state index is -0.668. The number of aromatic nitrogens is 1. The fraction of sp³-hybridized carbons (Fsp3) is 0.269. The normalized spacial score (nSPS) is 18.1. The number of pyridine rings is 1. The Morgan fingerprint density at radius 1 is 1.06 bits per heavy atom. The van der Waals surface area contributed by atoms with Gasteiger partial charge in [-0.3, -0.25) is 14.6 Å². The number of nitrogens with one attached hydrogen (secondary N) is 1. The van der Waals surface area contributed by atoms with Crippen molar-refractivity contribution in [3.8, 4) is 11.1 Å². The van der Waals surface area contributed by atoms with E-state index in [1.165, 1.54) is 5.56 Å². The smallest absolute Gasteiger partial charge is 0.272 e. The number of benzene rings is 2. The molecule has 31 heavy (non-hydrogen) atoms. The van der Waals surface area contributed by atoms with Gasteiger partial charge in [0.15, 0.2) is 0 Å². The highest BCUT2D eigenvalue weighted by atomic mass is 16.2. The summed E-state index contributed by atoms with van der Waals surface area (Å²) in [6.07, 6.45) is 2.81. The van der Waals surface area contributed by atoms with Crippen molar-refractivity contribution in [1.82, 2.24) is 15.2 Å². The van der Waals surface area contributed by atoms with Crippen molar-refractivity contribution < 1.29 is 9.59 Å². The summed E-state index contributed by atoms with van der Waals surface area (Å²) in [5, 5.41) is 2.84. The number of amides is 2. The summed E-state index contributed by atoms with van der Waals surface area (Å²) in [4.78, 5) is 32.0. The summed E-state index contributed by atoms with van der Waals surface area (Å²) in [6.45, 7) is 3.00. The summed E-state index contributed by atoms with van der Waals surface area (Å²) in [6, 6.07) is 21.9. The van der Waals surface area contributed by atoms with Gasteiger partial charge in [-0.2, -0.15) is 0 Å². The second kappa shape index (κ2) is 8.72. The first-order chi connectivity index (χ1) is 15.0. The van der Waals surface area contributed by atoms with Crippen molar-refractivity contribution in [3.05, 3.63) is 89.7 Å². The predicted molar refractivity (Wildman–Crippen MR) is 122 cm³/mol.